The summed E-state index contributed by atoms with van der Waals surface area (Å²) in [5.74, 6) is 2.09. The van der Waals surface area contributed by atoms with Gasteiger partial charge in [0.25, 0.3) is 5.56 Å². The van der Waals surface area contributed by atoms with E-state index in [1.165, 1.54) is 0 Å². The van der Waals surface area contributed by atoms with Crippen LogP contribution in [-0.4, -0.2) is 19.9 Å². The molecular formula is C21H18N4OS. The van der Waals surface area contributed by atoms with E-state index in [-0.39, 0.29) is 10.8 Å². The molecule has 1 saturated carbocycles. The molecule has 1 atom stereocenters. The van der Waals surface area contributed by atoms with Crippen molar-refractivity contribution in [1.82, 2.24) is 19.9 Å². The summed E-state index contributed by atoms with van der Waals surface area (Å²) in [7, 11) is 0. The third-order valence-electron chi connectivity index (χ3n) is 4.83. The van der Waals surface area contributed by atoms with Gasteiger partial charge in [-0.2, -0.15) is 0 Å². The molecule has 1 aliphatic rings. The smallest absolute Gasteiger partial charge is 0.258 e. The Morgan fingerprint density at radius 2 is 1.63 bits per heavy atom. The molecule has 27 heavy (non-hydrogen) atoms. The number of para-hydroxylation sites is 2. The molecule has 2 aromatic carbocycles. The summed E-state index contributed by atoms with van der Waals surface area (Å²) in [6.07, 6.45) is 2.33. The maximum absolute atomic E-state index is 12.4. The molecule has 0 spiro atoms. The van der Waals surface area contributed by atoms with Gasteiger partial charge in [-0.05, 0) is 38.0 Å². The van der Waals surface area contributed by atoms with Gasteiger partial charge in [-0.25, -0.2) is 15.0 Å². The minimum absolute atomic E-state index is 0.0346. The van der Waals surface area contributed by atoms with Gasteiger partial charge in [0, 0.05) is 11.3 Å². The molecule has 0 aliphatic heterocycles. The number of aromatic amines is 1. The van der Waals surface area contributed by atoms with Gasteiger partial charge in [0.05, 0.1) is 21.7 Å². The van der Waals surface area contributed by atoms with E-state index in [9.17, 15) is 4.79 Å². The lowest BCUT2D eigenvalue weighted by atomic mass is 10.2. The summed E-state index contributed by atoms with van der Waals surface area (Å²) >= 11 is 1.62. The van der Waals surface area contributed by atoms with Crippen LogP contribution in [0.1, 0.15) is 42.6 Å². The Hall–Kier alpha value is -2.73. The van der Waals surface area contributed by atoms with E-state index in [0.29, 0.717) is 17.1 Å². The van der Waals surface area contributed by atoms with Gasteiger partial charge in [0.1, 0.15) is 16.7 Å². The first-order valence-electron chi connectivity index (χ1n) is 9.11. The molecule has 0 bridgehead atoms. The molecule has 4 aromatic rings. The zero-order chi connectivity index (χ0) is 18.4. The van der Waals surface area contributed by atoms with E-state index in [0.717, 1.165) is 40.1 Å². The molecule has 0 radical (unpaired) electrons. The van der Waals surface area contributed by atoms with E-state index < -0.39 is 0 Å². The van der Waals surface area contributed by atoms with Crippen molar-refractivity contribution in [1.29, 1.82) is 0 Å². The standard InChI is InChI=1S/C21H18N4OS/c1-12(18-22-16-8-4-2-6-14(16)20(26)24-18)27-21-15-7-3-5-9-17(15)23-19(25-21)13-10-11-13/h2-9,12-13H,10-11H2,1H3,(H,22,24,26)/t12-/m1/s1. The van der Waals surface area contributed by atoms with Crippen LogP contribution in [0.15, 0.2) is 58.4 Å². The van der Waals surface area contributed by atoms with Crippen LogP contribution in [0.25, 0.3) is 21.8 Å². The zero-order valence-electron chi connectivity index (χ0n) is 14.8. The molecule has 2 heterocycles. The maximum atomic E-state index is 12.4. The highest BCUT2D eigenvalue weighted by Gasteiger charge is 2.28. The van der Waals surface area contributed by atoms with E-state index in [1.807, 2.05) is 43.3 Å². The second-order valence-corrected chi connectivity index (χ2v) is 8.24. The number of aromatic nitrogens is 4. The van der Waals surface area contributed by atoms with Crippen LogP contribution >= 0.6 is 11.8 Å². The minimum Gasteiger partial charge on any atom is -0.309 e. The number of fused-ring (bicyclic) bond motifs is 2. The van der Waals surface area contributed by atoms with Crippen LogP contribution in [0.5, 0.6) is 0 Å². The van der Waals surface area contributed by atoms with Crippen LogP contribution in [0, 0.1) is 0 Å². The molecule has 134 valence electrons. The van der Waals surface area contributed by atoms with Crippen molar-refractivity contribution >= 4 is 33.6 Å². The SMILES string of the molecule is C[C@@H](Sc1nc(C2CC2)nc2ccccc12)c1nc2ccccc2c(=O)[nH]1. The first-order chi connectivity index (χ1) is 13.2. The molecule has 1 N–H and O–H groups in total. The molecule has 1 aliphatic carbocycles. The number of hydrogen-bond acceptors (Lipinski definition) is 5. The van der Waals surface area contributed by atoms with Crippen LogP contribution in [0.2, 0.25) is 0 Å². The van der Waals surface area contributed by atoms with Crippen molar-refractivity contribution in [2.24, 2.45) is 0 Å². The monoisotopic (exact) mass is 374 g/mol. The zero-order valence-corrected chi connectivity index (χ0v) is 15.7. The predicted molar refractivity (Wildman–Crippen MR) is 108 cm³/mol. The summed E-state index contributed by atoms with van der Waals surface area (Å²) < 4.78 is 0. The van der Waals surface area contributed by atoms with E-state index in [2.05, 4.69) is 16.0 Å². The fourth-order valence-corrected chi connectivity index (χ4v) is 4.20. The van der Waals surface area contributed by atoms with Gasteiger partial charge in [-0.3, -0.25) is 4.79 Å². The Morgan fingerprint density at radius 1 is 0.963 bits per heavy atom. The third kappa shape index (κ3) is 3.10. The van der Waals surface area contributed by atoms with Gasteiger partial charge in [-0.15, -0.1) is 0 Å². The van der Waals surface area contributed by atoms with Gasteiger partial charge in [0.2, 0.25) is 0 Å². The van der Waals surface area contributed by atoms with Crippen LogP contribution in [0.3, 0.4) is 0 Å². The van der Waals surface area contributed by atoms with E-state index in [4.69, 9.17) is 9.97 Å². The summed E-state index contributed by atoms with van der Waals surface area (Å²) in [5.41, 5.74) is 1.59. The Balaban J connectivity index is 1.56. The van der Waals surface area contributed by atoms with Gasteiger partial charge < -0.3 is 4.98 Å². The number of rotatable bonds is 4. The Kier molecular flexibility index (Phi) is 3.93. The van der Waals surface area contributed by atoms with E-state index >= 15 is 0 Å². The molecule has 0 unspecified atom stereocenters. The van der Waals surface area contributed by atoms with Crippen molar-refractivity contribution in [3.63, 3.8) is 0 Å². The lowest BCUT2D eigenvalue weighted by molar-refractivity contribution is 0.890. The number of nitrogens with zero attached hydrogens (tertiary/aromatic N) is 3. The predicted octanol–water partition coefficient (Wildman–Crippen LogP) is 4.60. The van der Waals surface area contributed by atoms with Crippen molar-refractivity contribution in [2.75, 3.05) is 0 Å². The summed E-state index contributed by atoms with van der Waals surface area (Å²) in [4.78, 5) is 29.6. The van der Waals surface area contributed by atoms with Crippen molar-refractivity contribution in [3.05, 3.63) is 70.5 Å². The van der Waals surface area contributed by atoms with Crippen molar-refractivity contribution in [3.8, 4) is 0 Å². The number of H-pyrrole nitrogens is 1. The second-order valence-electron chi connectivity index (χ2n) is 6.91. The highest BCUT2D eigenvalue weighted by molar-refractivity contribution is 7.99. The number of benzene rings is 2. The molecule has 5 nitrogen and oxygen atoms in total. The molecule has 0 amide bonds. The second kappa shape index (κ2) is 6.46. The maximum Gasteiger partial charge on any atom is 0.258 e. The van der Waals surface area contributed by atoms with Crippen molar-refractivity contribution < 1.29 is 0 Å². The normalized spacial score (nSPS) is 15.3. The molecule has 1 fully saturated rings. The first-order valence-corrected chi connectivity index (χ1v) is 9.99. The minimum atomic E-state index is -0.103. The van der Waals surface area contributed by atoms with Crippen LogP contribution < -0.4 is 5.56 Å². The van der Waals surface area contributed by atoms with Gasteiger partial charge in [-0.1, -0.05) is 42.1 Å². The van der Waals surface area contributed by atoms with Crippen LogP contribution in [0.4, 0.5) is 0 Å². The Bertz CT molecular complexity index is 1220. The number of nitrogens with one attached hydrogen (secondary N) is 1. The molecular weight excluding hydrogens is 356 g/mol. The van der Waals surface area contributed by atoms with E-state index in [1.54, 1.807) is 17.8 Å². The topological polar surface area (TPSA) is 71.5 Å². The summed E-state index contributed by atoms with van der Waals surface area (Å²) in [5, 5.41) is 2.57. The lowest BCUT2D eigenvalue weighted by Crippen LogP contribution is -2.12. The number of thioether (sulfide) groups is 1. The molecule has 6 heteroatoms. The first kappa shape index (κ1) is 16.4. The molecule has 0 saturated heterocycles. The molecule has 2 aromatic heterocycles. The number of hydrogen-bond donors (Lipinski definition) is 1. The van der Waals surface area contributed by atoms with Crippen LogP contribution in [-0.2, 0) is 0 Å². The summed E-state index contributed by atoms with van der Waals surface area (Å²) in [6.45, 7) is 2.05. The van der Waals surface area contributed by atoms with Gasteiger partial charge in [0.15, 0.2) is 0 Å². The van der Waals surface area contributed by atoms with Crippen molar-refractivity contribution in [2.45, 2.75) is 36.0 Å². The largest absolute Gasteiger partial charge is 0.309 e. The fourth-order valence-electron chi connectivity index (χ4n) is 3.20. The Labute approximate surface area is 160 Å². The highest BCUT2D eigenvalue weighted by atomic mass is 32.2. The highest BCUT2D eigenvalue weighted by Crippen LogP contribution is 2.41. The average molecular weight is 374 g/mol. The summed E-state index contributed by atoms with van der Waals surface area (Å²) in [6, 6.07) is 15.5. The third-order valence-corrected chi connectivity index (χ3v) is 5.94. The Morgan fingerprint density at radius 3 is 2.37 bits per heavy atom. The lowest BCUT2D eigenvalue weighted by Gasteiger charge is -2.13. The fraction of sp³-hybridized carbons (Fsp3) is 0.238. The quantitative estimate of drug-likeness (QED) is 0.418. The molecule has 5 rings (SSSR count). The van der Waals surface area contributed by atoms with Gasteiger partial charge >= 0.3 is 0 Å². The average Bonchev–Trinajstić information content (AvgIpc) is 3.53.